The fraction of sp³-hybridized carbons (Fsp3) is 0.308. The van der Waals surface area contributed by atoms with Crippen LogP contribution < -0.4 is 0 Å². The molecule has 2 rings (SSSR count). The van der Waals surface area contributed by atoms with Crippen molar-refractivity contribution in [3.8, 4) is 0 Å². The Hall–Kier alpha value is -1.68. The first-order chi connectivity index (χ1) is 8.54. The van der Waals surface area contributed by atoms with Gasteiger partial charge < -0.3 is 4.74 Å². The average molecular weight is 267 g/mol. The van der Waals surface area contributed by atoms with Gasteiger partial charge in [0.1, 0.15) is 0 Å². The van der Waals surface area contributed by atoms with Gasteiger partial charge in [-0.15, -0.1) is 0 Å². The summed E-state index contributed by atoms with van der Waals surface area (Å²) in [6.07, 6.45) is 0.215. The van der Waals surface area contributed by atoms with Crippen LogP contribution in [0.4, 0.5) is 0 Å². The molecule has 94 valence electrons. The van der Waals surface area contributed by atoms with Crippen molar-refractivity contribution in [2.24, 2.45) is 5.92 Å². The highest BCUT2D eigenvalue weighted by Crippen LogP contribution is 2.29. The molecule has 18 heavy (non-hydrogen) atoms. The van der Waals surface area contributed by atoms with E-state index in [1.165, 1.54) is 0 Å². The minimum Gasteiger partial charge on any atom is -0.460 e. The summed E-state index contributed by atoms with van der Waals surface area (Å²) in [5.41, 5.74) is 1.16. The van der Waals surface area contributed by atoms with Crippen LogP contribution in [-0.2, 0) is 20.7 Å². The molecule has 0 saturated heterocycles. The van der Waals surface area contributed by atoms with Crippen LogP contribution in [0.1, 0.15) is 22.8 Å². The number of ketones is 2. The third-order valence-electron chi connectivity index (χ3n) is 2.87. The van der Waals surface area contributed by atoms with Crippen LogP contribution in [0.5, 0.6) is 0 Å². The highest BCUT2D eigenvalue weighted by molar-refractivity contribution is 6.40. The van der Waals surface area contributed by atoms with E-state index in [0.29, 0.717) is 16.1 Å². The fourth-order valence-electron chi connectivity index (χ4n) is 2.03. The molecule has 0 amide bonds. The van der Waals surface area contributed by atoms with Gasteiger partial charge in [0, 0.05) is 10.6 Å². The number of hydrogen-bond donors (Lipinski definition) is 0. The monoisotopic (exact) mass is 266 g/mol. The van der Waals surface area contributed by atoms with Gasteiger partial charge in [-0.05, 0) is 37.1 Å². The summed E-state index contributed by atoms with van der Waals surface area (Å²) in [7, 11) is 0. The van der Waals surface area contributed by atoms with Crippen LogP contribution in [0.3, 0.4) is 0 Å². The van der Waals surface area contributed by atoms with Crippen molar-refractivity contribution in [1.82, 2.24) is 0 Å². The second kappa shape index (κ2) is 4.90. The Morgan fingerprint density at radius 1 is 1.44 bits per heavy atom. The predicted octanol–water partition coefficient (Wildman–Crippen LogP) is 1.83. The first-order valence-corrected chi connectivity index (χ1v) is 5.96. The van der Waals surface area contributed by atoms with Crippen LogP contribution in [0, 0.1) is 5.92 Å². The standard InChI is InChI=1S/C13H11ClO4/c1-2-18-13(17)12(16)10-6-7-5-8(14)3-4-9(7)11(10)15/h3-5,10H,2,6H2,1H3. The van der Waals surface area contributed by atoms with E-state index in [9.17, 15) is 14.4 Å². The van der Waals surface area contributed by atoms with Crippen LogP contribution in [-0.4, -0.2) is 24.1 Å². The molecule has 1 aromatic carbocycles. The molecule has 1 unspecified atom stereocenters. The number of esters is 1. The molecule has 1 atom stereocenters. The number of carbonyl (C=O) groups is 3. The average Bonchev–Trinajstić information content (AvgIpc) is 2.65. The van der Waals surface area contributed by atoms with Gasteiger partial charge in [0.05, 0.1) is 12.5 Å². The van der Waals surface area contributed by atoms with E-state index in [4.69, 9.17) is 11.6 Å². The molecule has 1 aliphatic carbocycles. The zero-order valence-electron chi connectivity index (χ0n) is 9.73. The Kier molecular flexibility index (Phi) is 3.48. The molecule has 1 aromatic rings. The molecule has 0 saturated carbocycles. The van der Waals surface area contributed by atoms with Crippen LogP contribution in [0.2, 0.25) is 5.02 Å². The van der Waals surface area contributed by atoms with Crippen molar-refractivity contribution in [3.05, 3.63) is 34.3 Å². The first kappa shape index (κ1) is 12.8. The van der Waals surface area contributed by atoms with Crippen molar-refractivity contribution >= 4 is 29.1 Å². The van der Waals surface area contributed by atoms with Gasteiger partial charge in [-0.1, -0.05) is 11.6 Å². The lowest BCUT2D eigenvalue weighted by Crippen LogP contribution is -2.29. The largest absolute Gasteiger partial charge is 0.460 e. The van der Waals surface area contributed by atoms with Crippen molar-refractivity contribution in [2.45, 2.75) is 13.3 Å². The summed E-state index contributed by atoms with van der Waals surface area (Å²) >= 11 is 5.82. The predicted molar refractivity (Wildman–Crippen MR) is 64.6 cm³/mol. The molecule has 0 fully saturated rings. The van der Waals surface area contributed by atoms with Gasteiger partial charge in [0.15, 0.2) is 5.78 Å². The quantitative estimate of drug-likeness (QED) is 0.476. The van der Waals surface area contributed by atoms with E-state index in [2.05, 4.69) is 4.74 Å². The van der Waals surface area contributed by atoms with Gasteiger partial charge >= 0.3 is 5.97 Å². The number of fused-ring (bicyclic) bond motifs is 1. The molecule has 0 radical (unpaired) electrons. The second-order valence-electron chi connectivity index (χ2n) is 4.01. The third-order valence-corrected chi connectivity index (χ3v) is 3.10. The molecule has 0 bridgehead atoms. The molecule has 0 aliphatic heterocycles. The number of carbonyl (C=O) groups excluding carboxylic acids is 3. The molecular weight excluding hydrogens is 256 g/mol. The lowest BCUT2D eigenvalue weighted by molar-refractivity contribution is -0.154. The van der Waals surface area contributed by atoms with Crippen LogP contribution in [0.25, 0.3) is 0 Å². The zero-order chi connectivity index (χ0) is 13.3. The summed E-state index contributed by atoms with van der Waals surface area (Å²) in [5.74, 6) is -3.03. The lowest BCUT2D eigenvalue weighted by Gasteiger charge is -2.05. The number of Topliss-reactive ketones (excluding diaryl/α,β-unsaturated/α-hetero) is 2. The molecule has 0 aromatic heterocycles. The number of halogens is 1. The zero-order valence-corrected chi connectivity index (χ0v) is 10.5. The van der Waals surface area contributed by atoms with Gasteiger partial charge in [-0.3, -0.25) is 9.59 Å². The van der Waals surface area contributed by atoms with E-state index in [1.807, 2.05) is 0 Å². The highest BCUT2D eigenvalue weighted by Gasteiger charge is 2.39. The van der Waals surface area contributed by atoms with Gasteiger partial charge in [0.25, 0.3) is 5.78 Å². The first-order valence-electron chi connectivity index (χ1n) is 5.58. The molecular formula is C13H11ClO4. The van der Waals surface area contributed by atoms with Crippen LogP contribution >= 0.6 is 11.6 Å². The normalized spacial score (nSPS) is 17.4. The fourth-order valence-corrected chi connectivity index (χ4v) is 2.22. The minimum atomic E-state index is -0.961. The van der Waals surface area contributed by atoms with E-state index < -0.39 is 17.7 Å². The Morgan fingerprint density at radius 3 is 2.83 bits per heavy atom. The smallest absolute Gasteiger partial charge is 0.375 e. The summed E-state index contributed by atoms with van der Waals surface area (Å²) in [6, 6.07) is 4.82. The molecule has 1 aliphatic rings. The lowest BCUT2D eigenvalue weighted by atomic mass is 10.00. The molecule has 0 heterocycles. The van der Waals surface area contributed by atoms with Gasteiger partial charge in [0.2, 0.25) is 0 Å². The number of rotatable bonds is 3. The SMILES string of the molecule is CCOC(=O)C(=O)C1Cc2cc(Cl)ccc2C1=O. The Morgan fingerprint density at radius 2 is 2.17 bits per heavy atom. The van der Waals surface area contributed by atoms with Gasteiger partial charge in [-0.25, -0.2) is 4.79 Å². The van der Waals surface area contributed by atoms with E-state index in [0.717, 1.165) is 0 Å². The Balaban J connectivity index is 2.23. The molecule has 4 nitrogen and oxygen atoms in total. The Bertz CT molecular complexity index is 536. The molecule has 5 heteroatoms. The maximum atomic E-state index is 12.0. The van der Waals surface area contributed by atoms with E-state index >= 15 is 0 Å². The molecule has 0 spiro atoms. The van der Waals surface area contributed by atoms with Crippen molar-refractivity contribution < 1.29 is 19.1 Å². The highest BCUT2D eigenvalue weighted by atomic mass is 35.5. The summed E-state index contributed by atoms with van der Waals surface area (Å²) < 4.78 is 4.62. The summed E-state index contributed by atoms with van der Waals surface area (Å²) in [6.45, 7) is 1.72. The second-order valence-corrected chi connectivity index (χ2v) is 4.44. The summed E-state index contributed by atoms with van der Waals surface area (Å²) in [5, 5.41) is 0.505. The molecule has 0 N–H and O–H groups in total. The van der Waals surface area contributed by atoms with E-state index in [-0.39, 0.29) is 18.8 Å². The van der Waals surface area contributed by atoms with Gasteiger partial charge in [-0.2, -0.15) is 0 Å². The summed E-state index contributed by atoms with van der Waals surface area (Å²) in [4.78, 5) is 35.1. The minimum absolute atomic E-state index is 0.115. The maximum absolute atomic E-state index is 12.0. The van der Waals surface area contributed by atoms with Crippen molar-refractivity contribution in [2.75, 3.05) is 6.61 Å². The number of benzene rings is 1. The van der Waals surface area contributed by atoms with Crippen LogP contribution in [0.15, 0.2) is 18.2 Å². The number of hydrogen-bond acceptors (Lipinski definition) is 4. The number of ether oxygens (including phenoxy) is 1. The third kappa shape index (κ3) is 2.16. The maximum Gasteiger partial charge on any atom is 0.375 e. The topological polar surface area (TPSA) is 60.4 Å². The van der Waals surface area contributed by atoms with Crippen molar-refractivity contribution in [3.63, 3.8) is 0 Å². The van der Waals surface area contributed by atoms with E-state index in [1.54, 1.807) is 25.1 Å². The Labute approximate surface area is 109 Å². The van der Waals surface area contributed by atoms with Crippen molar-refractivity contribution in [1.29, 1.82) is 0 Å².